The molecule has 278 valence electrons. The molecule has 5 fully saturated rings. The Balaban J connectivity index is 1.14. The van der Waals surface area contributed by atoms with Gasteiger partial charge in [0.25, 0.3) is 0 Å². The molecule has 5 atom stereocenters. The van der Waals surface area contributed by atoms with E-state index in [1.54, 1.807) is 11.8 Å². The zero-order valence-electron chi connectivity index (χ0n) is 30.1. The van der Waals surface area contributed by atoms with Crippen molar-refractivity contribution < 1.29 is 28.2 Å². The number of terminal acetylenes is 1. The number of nitriles is 1. The van der Waals surface area contributed by atoms with E-state index in [4.69, 9.17) is 20.9 Å². The normalized spacial score (nSPS) is 24.2. The average molecular weight is 735 g/mol. The number of hydrogen-bond acceptors (Lipinski definition) is 10. The van der Waals surface area contributed by atoms with Gasteiger partial charge in [-0.2, -0.15) is 15.2 Å². The summed E-state index contributed by atoms with van der Waals surface area (Å²) in [4.78, 5) is 33.7. The third kappa shape index (κ3) is 5.84. The number of methoxy groups -OCH3 is 1. The molecule has 54 heavy (non-hydrogen) atoms. The molecule has 3 aliphatic heterocycles. The van der Waals surface area contributed by atoms with Crippen LogP contribution in [0, 0.1) is 52.6 Å². The van der Waals surface area contributed by atoms with Gasteiger partial charge in [-0.05, 0) is 74.4 Å². The number of urea groups is 1. The number of aromatic hydroxyl groups is 1. The van der Waals surface area contributed by atoms with Gasteiger partial charge in [0.05, 0.1) is 37.4 Å². The number of carbonyl (C=O) groups excluding carboxylic acids is 1. The van der Waals surface area contributed by atoms with E-state index in [2.05, 4.69) is 32.2 Å². The smallest absolute Gasteiger partial charge is 0.319 e. The number of benzene rings is 2. The van der Waals surface area contributed by atoms with Gasteiger partial charge < -0.3 is 34.6 Å². The van der Waals surface area contributed by atoms with E-state index in [0.717, 1.165) is 57.2 Å². The van der Waals surface area contributed by atoms with Crippen LogP contribution < -0.4 is 19.7 Å². The monoisotopic (exact) mass is 734 g/mol. The minimum Gasteiger partial charge on any atom is -0.508 e. The number of nitrogens with one attached hydrogen (secondary N) is 1. The van der Waals surface area contributed by atoms with Crippen LogP contribution in [0.15, 0.2) is 24.3 Å². The molecule has 2 aromatic carbocycles. The first-order valence-corrected chi connectivity index (χ1v) is 18.5. The number of piperidine rings is 1. The second-order valence-electron chi connectivity index (χ2n) is 15.7. The van der Waals surface area contributed by atoms with Gasteiger partial charge in [0.15, 0.2) is 5.82 Å². The standard InChI is InChI=1S/C40H40F2N8O4/c1-4-28-30(41)8-5-22-12-27(51)13-29(31(22)28)34-33(42)35-32(37(45-34)53-3)36(49-17-25-6-7-26(18-49)50(25)39(52)44-21(2)14-43)47-38(46-35)54-20-40(9-10-40)19-48-15-23-11-24(23)16-48/h1,5,8,12-13,21,23-26,51H,6-7,9-11,15-20H2,2-3H3,(H,44,52). The second kappa shape index (κ2) is 12.8. The number of hydrogen-bond donors (Lipinski definition) is 2. The van der Waals surface area contributed by atoms with Crippen molar-refractivity contribution in [1.82, 2.24) is 30.1 Å². The van der Waals surface area contributed by atoms with Crippen LogP contribution in [-0.2, 0) is 0 Å². The molecule has 5 heterocycles. The van der Waals surface area contributed by atoms with E-state index in [1.807, 2.05) is 4.90 Å². The zero-order valence-corrected chi connectivity index (χ0v) is 30.1. The summed E-state index contributed by atoms with van der Waals surface area (Å²) in [6.45, 7) is 5.96. The Morgan fingerprint density at radius 2 is 1.85 bits per heavy atom. The van der Waals surface area contributed by atoms with Crippen LogP contribution in [0.2, 0.25) is 0 Å². The first-order chi connectivity index (χ1) is 26.1. The molecule has 2 aliphatic carbocycles. The maximum absolute atomic E-state index is 17.3. The lowest BCUT2D eigenvalue weighted by atomic mass is 9.95. The summed E-state index contributed by atoms with van der Waals surface area (Å²) in [5, 5.41) is 23.6. The molecule has 4 aromatic rings. The van der Waals surface area contributed by atoms with Crippen LogP contribution in [0.1, 0.15) is 44.6 Å². The SMILES string of the molecule is C#Cc1c(F)ccc2cc(O)cc(-c3nc(OC)c4c(N5CC6CCC(C5)N6C(=O)NC(C)C#N)nc(OCC5(CN6CC7CC7C6)CC5)nc4c3F)c12. The van der Waals surface area contributed by atoms with E-state index >= 15 is 8.78 Å². The summed E-state index contributed by atoms with van der Waals surface area (Å²) in [6, 6.07) is 6.12. The van der Waals surface area contributed by atoms with Crippen molar-refractivity contribution in [3.05, 3.63) is 41.5 Å². The molecule has 2 amide bonds. The number of aromatic nitrogens is 3. The summed E-state index contributed by atoms with van der Waals surface area (Å²) in [6.07, 6.45) is 10.6. The fourth-order valence-electron chi connectivity index (χ4n) is 9.02. The maximum atomic E-state index is 17.3. The number of rotatable bonds is 9. The highest BCUT2D eigenvalue weighted by Gasteiger charge is 2.51. The number of piperazine rings is 1. The first-order valence-electron chi connectivity index (χ1n) is 18.5. The molecule has 14 heteroatoms. The molecular formula is C40H40F2N8O4. The van der Waals surface area contributed by atoms with Gasteiger partial charge in [-0.1, -0.05) is 12.0 Å². The lowest BCUT2D eigenvalue weighted by molar-refractivity contribution is 0.159. The summed E-state index contributed by atoms with van der Waals surface area (Å²) in [5.41, 5.74) is -0.405. The van der Waals surface area contributed by atoms with Gasteiger partial charge in [-0.3, -0.25) is 0 Å². The molecule has 2 saturated carbocycles. The second-order valence-corrected chi connectivity index (χ2v) is 15.7. The van der Waals surface area contributed by atoms with Gasteiger partial charge in [0.2, 0.25) is 5.88 Å². The van der Waals surface area contributed by atoms with Crippen LogP contribution in [0.3, 0.4) is 0 Å². The molecular weight excluding hydrogens is 694 g/mol. The number of likely N-dealkylation sites (tertiary alicyclic amines) is 1. The molecule has 0 spiro atoms. The predicted molar refractivity (Wildman–Crippen MR) is 196 cm³/mol. The van der Waals surface area contributed by atoms with Crippen LogP contribution in [0.4, 0.5) is 19.4 Å². The molecule has 12 nitrogen and oxygen atoms in total. The number of halogens is 2. The number of pyridine rings is 1. The molecule has 3 saturated heterocycles. The van der Waals surface area contributed by atoms with Crippen molar-refractivity contribution in [3.8, 4) is 47.3 Å². The molecule has 2 aromatic heterocycles. The number of fused-ring (bicyclic) bond motifs is 5. The Bertz CT molecular complexity index is 2280. The van der Waals surface area contributed by atoms with Crippen molar-refractivity contribution in [2.24, 2.45) is 17.3 Å². The Hall–Kier alpha value is -5.47. The number of nitrogens with zero attached hydrogens (tertiary/aromatic N) is 7. The highest BCUT2D eigenvalue weighted by Crippen LogP contribution is 2.51. The van der Waals surface area contributed by atoms with Crippen molar-refractivity contribution in [2.75, 3.05) is 51.3 Å². The van der Waals surface area contributed by atoms with Crippen molar-refractivity contribution in [1.29, 1.82) is 5.26 Å². The summed E-state index contributed by atoms with van der Waals surface area (Å²) in [7, 11) is 1.41. The lowest BCUT2D eigenvalue weighted by Gasteiger charge is -2.41. The maximum Gasteiger partial charge on any atom is 0.319 e. The molecule has 5 aliphatic rings. The number of phenols is 1. The van der Waals surface area contributed by atoms with E-state index in [1.165, 1.54) is 37.8 Å². The quantitative estimate of drug-likeness (QED) is 0.221. The van der Waals surface area contributed by atoms with Crippen LogP contribution >= 0.6 is 0 Å². The number of ether oxygens (including phenoxy) is 2. The van der Waals surface area contributed by atoms with Crippen molar-refractivity contribution in [3.63, 3.8) is 0 Å². The molecule has 2 N–H and O–H groups in total. The van der Waals surface area contributed by atoms with E-state index in [0.29, 0.717) is 30.9 Å². The molecule has 5 unspecified atom stereocenters. The fraction of sp³-hybridized carbons (Fsp3) is 0.475. The fourth-order valence-corrected chi connectivity index (χ4v) is 9.02. The van der Waals surface area contributed by atoms with E-state index < -0.39 is 17.7 Å². The number of carbonyl (C=O) groups is 1. The number of phenolic OH excluding ortho intramolecular Hbond substituents is 1. The van der Waals surface area contributed by atoms with E-state index in [-0.39, 0.29) is 74.3 Å². The Labute approximate surface area is 311 Å². The Morgan fingerprint density at radius 1 is 1.11 bits per heavy atom. The van der Waals surface area contributed by atoms with Gasteiger partial charge in [-0.15, -0.1) is 6.42 Å². The van der Waals surface area contributed by atoms with Crippen LogP contribution in [0.5, 0.6) is 17.6 Å². The van der Waals surface area contributed by atoms with Crippen molar-refractivity contribution in [2.45, 2.75) is 57.2 Å². The van der Waals surface area contributed by atoms with Crippen LogP contribution in [-0.4, -0.2) is 100 Å². The molecule has 0 radical (unpaired) electrons. The topological polar surface area (TPSA) is 140 Å². The zero-order chi connectivity index (χ0) is 37.5. The Kier molecular flexibility index (Phi) is 8.16. The highest BCUT2D eigenvalue weighted by molar-refractivity contribution is 6.04. The minimum atomic E-state index is -0.845. The third-order valence-corrected chi connectivity index (χ3v) is 12.0. The third-order valence-electron chi connectivity index (χ3n) is 12.0. The van der Waals surface area contributed by atoms with Crippen molar-refractivity contribution >= 4 is 33.5 Å². The van der Waals surface area contributed by atoms with Gasteiger partial charge in [0.1, 0.15) is 40.0 Å². The first kappa shape index (κ1) is 34.3. The van der Waals surface area contributed by atoms with Gasteiger partial charge in [0, 0.05) is 49.1 Å². The minimum absolute atomic E-state index is 0.00219. The summed E-state index contributed by atoms with van der Waals surface area (Å²) < 4.78 is 44.6. The van der Waals surface area contributed by atoms with Crippen LogP contribution in [0.25, 0.3) is 32.9 Å². The highest BCUT2D eigenvalue weighted by atomic mass is 19.1. The molecule has 9 rings (SSSR count). The molecule has 2 bridgehead atoms. The van der Waals surface area contributed by atoms with E-state index in [9.17, 15) is 15.2 Å². The lowest BCUT2D eigenvalue weighted by Crippen LogP contribution is -2.59. The summed E-state index contributed by atoms with van der Waals surface area (Å²) in [5.74, 6) is 2.68. The number of amides is 2. The average Bonchev–Trinajstić information content (AvgIpc) is 4.05. The predicted octanol–water partition coefficient (Wildman–Crippen LogP) is 5.20. The Morgan fingerprint density at radius 3 is 2.52 bits per heavy atom. The largest absolute Gasteiger partial charge is 0.508 e. The van der Waals surface area contributed by atoms with Gasteiger partial charge >= 0.3 is 12.0 Å². The summed E-state index contributed by atoms with van der Waals surface area (Å²) >= 11 is 0. The van der Waals surface area contributed by atoms with Gasteiger partial charge in [-0.25, -0.2) is 18.6 Å². The number of anilines is 1.